The number of carbonyl (C=O) groups excluding carboxylic acids is 2. The van der Waals surface area contributed by atoms with Crippen LogP contribution in [-0.2, 0) is 27.8 Å². The van der Waals surface area contributed by atoms with Crippen molar-refractivity contribution in [3.63, 3.8) is 0 Å². The number of carbonyl (C=O) groups is 3. The van der Waals surface area contributed by atoms with E-state index >= 15 is 0 Å². The fraction of sp³-hybridized carbons (Fsp3) is 0.359. The molecule has 0 fully saturated rings. The van der Waals surface area contributed by atoms with Gasteiger partial charge in [-0.15, -0.1) is 0 Å². The SMILES string of the molecule is CCCCCCc1ccc(-c2cnc(-c3ccc(CC(NC(=O)c4ccc(C(C)(C)C)cc4)C(=O)NCCC(=O)O)cc3)nc2)cc1. The van der Waals surface area contributed by atoms with E-state index in [4.69, 9.17) is 5.11 Å². The van der Waals surface area contributed by atoms with Crippen molar-refractivity contribution in [2.24, 2.45) is 0 Å². The highest BCUT2D eigenvalue weighted by Crippen LogP contribution is 2.24. The molecule has 3 aromatic carbocycles. The molecular formula is C39H46N4O4. The lowest BCUT2D eigenvalue weighted by atomic mass is 9.86. The molecule has 1 aromatic heterocycles. The lowest BCUT2D eigenvalue weighted by Gasteiger charge is -2.20. The van der Waals surface area contributed by atoms with Crippen molar-refractivity contribution in [2.75, 3.05) is 6.54 Å². The van der Waals surface area contributed by atoms with Crippen molar-refractivity contribution in [3.05, 3.63) is 107 Å². The van der Waals surface area contributed by atoms with Crippen LogP contribution < -0.4 is 10.6 Å². The Balaban J connectivity index is 1.42. The molecule has 0 aliphatic heterocycles. The molecule has 0 radical (unpaired) electrons. The van der Waals surface area contributed by atoms with Gasteiger partial charge < -0.3 is 15.7 Å². The summed E-state index contributed by atoms with van der Waals surface area (Å²) in [6.07, 6.45) is 9.76. The van der Waals surface area contributed by atoms with Gasteiger partial charge in [-0.3, -0.25) is 14.4 Å². The van der Waals surface area contributed by atoms with Crippen LogP contribution in [0.4, 0.5) is 0 Å². The maximum Gasteiger partial charge on any atom is 0.305 e. The number of carboxylic acids is 1. The molecule has 1 atom stereocenters. The van der Waals surface area contributed by atoms with Gasteiger partial charge in [0.1, 0.15) is 6.04 Å². The van der Waals surface area contributed by atoms with Gasteiger partial charge in [0.25, 0.3) is 5.91 Å². The highest BCUT2D eigenvalue weighted by molar-refractivity contribution is 5.97. The molecule has 8 nitrogen and oxygen atoms in total. The lowest BCUT2D eigenvalue weighted by molar-refractivity contribution is -0.137. The van der Waals surface area contributed by atoms with Crippen molar-refractivity contribution < 1.29 is 19.5 Å². The smallest absolute Gasteiger partial charge is 0.305 e. The number of hydrogen-bond acceptors (Lipinski definition) is 5. The maximum absolute atomic E-state index is 13.1. The third kappa shape index (κ3) is 10.6. The standard InChI is InChI=1S/C39H46N4O4/c1-5-6-7-8-9-27-10-14-29(15-11-27)32-25-41-36(42-26-32)30-16-12-28(13-17-30)24-34(38(47)40-23-22-35(44)45)43-37(46)31-18-20-33(21-19-31)39(2,3)4/h10-21,25-26,34H,5-9,22-24H2,1-4H3,(H,40,47)(H,43,46)(H,44,45). The minimum atomic E-state index is -1.01. The average molecular weight is 635 g/mol. The van der Waals surface area contributed by atoms with Crippen LogP contribution >= 0.6 is 0 Å². The number of benzene rings is 3. The molecule has 1 unspecified atom stereocenters. The number of rotatable bonds is 15. The number of hydrogen-bond donors (Lipinski definition) is 3. The number of nitrogens with zero attached hydrogens (tertiary/aromatic N) is 2. The monoisotopic (exact) mass is 634 g/mol. The predicted octanol–water partition coefficient (Wildman–Crippen LogP) is 7.16. The van der Waals surface area contributed by atoms with Crippen molar-refractivity contribution in [1.29, 1.82) is 0 Å². The number of carboxylic acid groups (broad SMARTS) is 1. The third-order valence-corrected chi connectivity index (χ3v) is 8.18. The van der Waals surface area contributed by atoms with E-state index in [-0.39, 0.29) is 30.7 Å². The predicted molar refractivity (Wildman–Crippen MR) is 186 cm³/mol. The minimum absolute atomic E-state index is 0.0315. The number of aryl methyl sites for hydroxylation is 1. The summed E-state index contributed by atoms with van der Waals surface area (Å²) in [6.45, 7) is 8.49. The summed E-state index contributed by atoms with van der Waals surface area (Å²) in [5, 5.41) is 14.5. The lowest BCUT2D eigenvalue weighted by Crippen LogP contribution is -2.48. The zero-order chi connectivity index (χ0) is 33.8. The van der Waals surface area contributed by atoms with E-state index in [0.29, 0.717) is 11.4 Å². The summed E-state index contributed by atoms with van der Waals surface area (Å²) in [6, 6.07) is 22.6. The first-order valence-electron chi connectivity index (χ1n) is 16.4. The van der Waals surface area contributed by atoms with Crippen LogP contribution in [0.5, 0.6) is 0 Å². The molecule has 0 bridgehead atoms. The first-order valence-corrected chi connectivity index (χ1v) is 16.4. The highest BCUT2D eigenvalue weighted by Gasteiger charge is 2.23. The molecule has 0 saturated heterocycles. The zero-order valence-corrected chi connectivity index (χ0v) is 27.9. The van der Waals surface area contributed by atoms with Crippen molar-refractivity contribution in [2.45, 2.75) is 84.1 Å². The molecular weight excluding hydrogens is 588 g/mol. The van der Waals surface area contributed by atoms with Gasteiger partial charge in [-0.1, -0.05) is 108 Å². The zero-order valence-electron chi connectivity index (χ0n) is 27.9. The van der Waals surface area contributed by atoms with Crippen molar-refractivity contribution in [3.8, 4) is 22.5 Å². The number of aromatic nitrogens is 2. The summed E-state index contributed by atoms with van der Waals surface area (Å²) < 4.78 is 0. The summed E-state index contributed by atoms with van der Waals surface area (Å²) in [4.78, 5) is 46.4. The number of amides is 2. The van der Waals surface area contributed by atoms with Crippen LogP contribution in [-0.4, -0.2) is 45.4 Å². The van der Waals surface area contributed by atoms with Gasteiger partial charge in [-0.2, -0.15) is 0 Å². The summed E-state index contributed by atoms with van der Waals surface area (Å²) in [5.74, 6) is -1.25. The Kier molecular flexibility index (Phi) is 12.4. The second kappa shape index (κ2) is 16.6. The Labute approximate surface area is 278 Å². The minimum Gasteiger partial charge on any atom is -0.481 e. The molecule has 246 valence electrons. The molecule has 2 amide bonds. The fourth-order valence-electron chi connectivity index (χ4n) is 5.26. The maximum atomic E-state index is 13.1. The van der Waals surface area contributed by atoms with Crippen molar-refractivity contribution >= 4 is 17.8 Å². The summed E-state index contributed by atoms with van der Waals surface area (Å²) in [7, 11) is 0. The van der Waals surface area contributed by atoms with Crippen LogP contribution in [0.3, 0.4) is 0 Å². The molecule has 4 aromatic rings. The Morgan fingerprint density at radius 2 is 1.38 bits per heavy atom. The van der Waals surface area contributed by atoms with Gasteiger partial charge in [-0.25, -0.2) is 9.97 Å². The Hall–Kier alpha value is -4.85. The van der Waals surface area contributed by atoms with Crippen LogP contribution in [0.25, 0.3) is 22.5 Å². The first-order chi connectivity index (χ1) is 22.5. The van der Waals surface area contributed by atoms with Crippen LogP contribution in [0.2, 0.25) is 0 Å². The quantitative estimate of drug-likeness (QED) is 0.119. The number of aliphatic carboxylic acids is 1. The fourth-order valence-corrected chi connectivity index (χ4v) is 5.26. The van der Waals surface area contributed by atoms with E-state index < -0.39 is 17.9 Å². The summed E-state index contributed by atoms with van der Waals surface area (Å²) in [5.41, 5.74) is 6.49. The normalized spacial score (nSPS) is 11.9. The van der Waals surface area contributed by atoms with Gasteiger partial charge in [0.2, 0.25) is 5.91 Å². The van der Waals surface area contributed by atoms with E-state index in [9.17, 15) is 14.4 Å². The molecule has 1 heterocycles. The van der Waals surface area contributed by atoms with E-state index in [1.807, 2.05) is 48.8 Å². The Morgan fingerprint density at radius 1 is 0.766 bits per heavy atom. The van der Waals surface area contributed by atoms with Gasteiger partial charge in [0.05, 0.1) is 6.42 Å². The van der Waals surface area contributed by atoms with E-state index in [1.165, 1.54) is 31.2 Å². The Morgan fingerprint density at radius 3 is 1.98 bits per heavy atom. The van der Waals surface area contributed by atoms with E-state index in [1.54, 1.807) is 12.1 Å². The van der Waals surface area contributed by atoms with Crippen LogP contribution in [0, 0.1) is 0 Å². The van der Waals surface area contributed by atoms with E-state index in [2.05, 4.69) is 72.6 Å². The van der Waals surface area contributed by atoms with Gasteiger partial charge in [-0.05, 0) is 52.6 Å². The molecule has 0 aliphatic rings. The molecule has 0 saturated carbocycles. The third-order valence-electron chi connectivity index (χ3n) is 8.18. The molecule has 47 heavy (non-hydrogen) atoms. The van der Waals surface area contributed by atoms with Crippen molar-refractivity contribution in [1.82, 2.24) is 20.6 Å². The molecule has 0 aliphatic carbocycles. The van der Waals surface area contributed by atoms with Gasteiger partial charge in [0, 0.05) is 42.0 Å². The van der Waals surface area contributed by atoms with Crippen LogP contribution in [0.1, 0.15) is 86.8 Å². The Bertz CT molecular complexity index is 1610. The first kappa shape index (κ1) is 35.0. The van der Waals surface area contributed by atoms with E-state index in [0.717, 1.165) is 34.2 Å². The second-order valence-electron chi connectivity index (χ2n) is 13.0. The average Bonchev–Trinajstić information content (AvgIpc) is 3.06. The topological polar surface area (TPSA) is 121 Å². The summed E-state index contributed by atoms with van der Waals surface area (Å²) >= 11 is 0. The molecule has 3 N–H and O–H groups in total. The molecule has 0 spiro atoms. The number of unbranched alkanes of at least 4 members (excludes halogenated alkanes) is 3. The largest absolute Gasteiger partial charge is 0.481 e. The molecule has 8 heteroatoms. The van der Waals surface area contributed by atoms with Crippen LogP contribution in [0.15, 0.2) is 85.2 Å². The van der Waals surface area contributed by atoms with Gasteiger partial charge >= 0.3 is 5.97 Å². The highest BCUT2D eigenvalue weighted by atomic mass is 16.4. The number of nitrogens with one attached hydrogen (secondary N) is 2. The van der Waals surface area contributed by atoms with Gasteiger partial charge in [0.15, 0.2) is 5.82 Å². The molecule has 4 rings (SSSR count). The second-order valence-corrected chi connectivity index (χ2v) is 13.0.